The summed E-state index contributed by atoms with van der Waals surface area (Å²) >= 11 is 0. The quantitative estimate of drug-likeness (QED) is 0.519. The van der Waals surface area contributed by atoms with Gasteiger partial charge in [-0.25, -0.2) is 9.97 Å². The molecule has 1 aliphatic carbocycles. The van der Waals surface area contributed by atoms with E-state index in [0.29, 0.717) is 13.0 Å². The maximum absolute atomic E-state index is 13.0. The van der Waals surface area contributed by atoms with Crippen LogP contribution in [0, 0.1) is 5.92 Å². The van der Waals surface area contributed by atoms with Gasteiger partial charge in [0.2, 0.25) is 5.91 Å². The predicted octanol–water partition coefficient (Wildman–Crippen LogP) is 4.07. The summed E-state index contributed by atoms with van der Waals surface area (Å²) in [6, 6.07) is 18.6. The number of rotatable bonds is 4. The molecule has 1 amide bonds. The van der Waals surface area contributed by atoms with Gasteiger partial charge in [0.05, 0.1) is 5.39 Å². The van der Waals surface area contributed by atoms with Crippen LogP contribution in [0.15, 0.2) is 60.9 Å². The molecule has 1 atom stereocenters. The number of carbonyl (C=O) groups is 1. The number of aromatic nitrogens is 3. The molecule has 0 bridgehead atoms. The highest BCUT2D eigenvalue weighted by Crippen LogP contribution is 2.40. The molecule has 32 heavy (non-hydrogen) atoms. The lowest BCUT2D eigenvalue weighted by Crippen LogP contribution is -2.33. The molecule has 3 heterocycles. The molecular weight excluding hydrogens is 398 g/mol. The summed E-state index contributed by atoms with van der Waals surface area (Å²) in [5.74, 6) is 1.03. The Balaban J connectivity index is 1.30. The van der Waals surface area contributed by atoms with Crippen molar-refractivity contribution in [3.05, 3.63) is 83.3 Å². The maximum Gasteiger partial charge on any atom is 0.223 e. The first-order chi connectivity index (χ1) is 15.8. The molecule has 6 heteroatoms. The Morgan fingerprint density at radius 3 is 2.81 bits per heavy atom. The van der Waals surface area contributed by atoms with Crippen LogP contribution in [0.25, 0.3) is 11.0 Å². The van der Waals surface area contributed by atoms with Gasteiger partial charge < -0.3 is 15.2 Å². The van der Waals surface area contributed by atoms with Gasteiger partial charge in [-0.1, -0.05) is 48.5 Å². The molecule has 0 spiro atoms. The summed E-state index contributed by atoms with van der Waals surface area (Å²) in [6.07, 6.45) is 5.07. The lowest BCUT2D eigenvalue weighted by atomic mass is 9.86. The van der Waals surface area contributed by atoms with Crippen LogP contribution in [0.2, 0.25) is 0 Å². The minimum absolute atomic E-state index is 0.0378. The number of amides is 1. The lowest BCUT2D eigenvalue weighted by Gasteiger charge is -2.23. The topological polar surface area (TPSA) is 73.9 Å². The highest BCUT2D eigenvalue weighted by molar-refractivity contribution is 5.95. The van der Waals surface area contributed by atoms with Crippen molar-refractivity contribution in [1.82, 2.24) is 20.3 Å². The number of hydrogen-bond donors (Lipinski definition) is 2. The molecule has 0 radical (unpaired) electrons. The van der Waals surface area contributed by atoms with Gasteiger partial charge in [-0.15, -0.1) is 0 Å². The van der Waals surface area contributed by atoms with Gasteiger partial charge in [0, 0.05) is 30.4 Å². The van der Waals surface area contributed by atoms with E-state index in [1.165, 1.54) is 22.5 Å². The Morgan fingerprint density at radius 2 is 1.91 bits per heavy atom. The molecule has 1 aliphatic heterocycles. The maximum atomic E-state index is 13.0. The average Bonchev–Trinajstić information content (AvgIpc) is 3.44. The molecule has 6 nitrogen and oxygen atoms in total. The number of carbonyl (C=O) groups excluding carboxylic acids is 1. The zero-order chi connectivity index (χ0) is 21.5. The van der Waals surface area contributed by atoms with Crippen molar-refractivity contribution < 1.29 is 4.79 Å². The lowest BCUT2D eigenvalue weighted by molar-refractivity contribution is -0.125. The Kier molecular flexibility index (Phi) is 4.63. The van der Waals surface area contributed by atoms with E-state index >= 15 is 0 Å². The molecule has 2 aromatic heterocycles. The number of aromatic amines is 1. The van der Waals surface area contributed by atoms with Crippen molar-refractivity contribution in [1.29, 1.82) is 0 Å². The van der Waals surface area contributed by atoms with E-state index in [4.69, 9.17) is 4.98 Å². The van der Waals surface area contributed by atoms with Gasteiger partial charge in [0.1, 0.15) is 17.8 Å². The summed E-state index contributed by atoms with van der Waals surface area (Å²) in [4.78, 5) is 28.0. The molecule has 1 unspecified atom stereocenters. The van der Waals surface area contributed by atoms with Crippen molar-refractivity contribution in [2.24, 2.45) is 5.92 Å². The molecule has 0 saturated carbocycles. The summed E-state index contributed by atoms with van der Waals surface area (Å²) in [6.45, 7) is 1.47. The van der Waals surface area contributed by atoms with E-state index in [-0.39, 0.29) is 11.8 Å². The van der Waals surface area contributed by atoms with Crippen LogP contribution in [-0.2, 0) is 30.6 Å². The molecule has 2 aromatic carbocycles. The number of fused-ring (bicyclic) bond motifs is 4. The van der Waals surface area contributed by atoms with Crippen molar-refractivity contribution in [2.45, 2.75) is 32.2 Å². The monoisotopic (exact) mass is 423 g/mol. The third-order valence-corrected chi connectivity index (χ3v) is 6.78. The number of nitrogens with zero attached hydrogens (tertiary/aromatic N) is 3. The first kappa shape index (κ1) is 19.0. The fourth-order valence-corrected chi connectivity index (χ4v) is 5.14. The van der Waals surface area contributed by atoms with E-state index in [9.17, 15) is 4.79 Å². The molecule has 160 valence electrons. The normalized spacial score (nSPS) is 17.2. The van der Waals surface area contributed by atoms with Gasteiger partial charge in [0.25, 0.3) is 0 Å². The SMILES string of the molecule is O=C(NCc1ccccc1)C1CCc2[nH]c3ncnc(N4CCc5ccccc54)c3c2C1. The minimum atomic E-state index is -0.0378. The zero-order valence-electron chi connectivity index (χ0n) is 17.8. The number of anilines is 2. The summed E-state index contributed by atoms with van der Waals surface area (Å²) in [5.41, 5.74) is 6.95. The molecule has 2 N–H and O–H groups in total. The Hall–Kier alpha value is -3.67. The largest absolute Gasteiger partial charge is 0.352 e. The molecular formula is C26H25N5O. The number of aryl methyl sites for hydroxylation is 1. The third-order valence-electron chi connectivity index (χ3n) is 6.78. The molecule has 0 saturated heterocycles. The zero-order valence-corrected chi connectivity index (χ0v) is 17.8. The number of benzene rings is 2. The second kappa shape index (κ2) is 7.79. The van der Waals surface area contributed by atoms with Gasteiger partial charge in [0.15, 0.2) is 0 Å². The van der Waals surface area contributed by atoms with Crippen molar-refractivity contribution >= 4 is 28.4 Å². The minimum Gasteiger partial charge on any atom is -0.352 e. The van der Waals surface area contributed by atoms with E-state index in [0.717, 1.165) is 48.2 Å². The fourth-order valence-electron chi connectivity index (χ4n) is 5.14. The van der Waals surface area contributed by atoms with Gasteiger partial charge in [-0.3, -0.25) is 4.79 Å². The first-order valence-electron chi connectivity index (χ1n) is 11.3. The van der Waals surface area contributed by atoms with Crippen LogP contribution < -0.4 is 10.2 Å². The number of H-pyrrole nitrogens is 1. The molecule has 4 aromatic rings. The summed E-state index contributed by atoms with van der Waals surface area (Å²) in [7, 11) is 0. The van der Waals surface area contributed by atoms with Gasteiger partial charge in [-0.05, 0) is 48.4 Å². The van der Waals surface area contributed by atoms with Crippen LogP contribution in [0.4, 0.5) is 11.5 Å². The van der Waals surface area contributed by atoms with Gasteiger partial charge >= 0.3 is 0 Å². The standard InChI is InChI=1S/C26H25N5O/c32-26(27-15-17-6-2-1-3-7-17)19-10-11-21-20(14-19)23-24(30-21)28-16-29-25(23)31-13-12-18-8-4-5-9-22(18)31/h1-9,16,19H,10-15H2,(H,27,32)(H,28,29,30). The predicted molar refractivity (Wildman–Crippen MR) is 125 cm³/mol. The summed E-state index contributed by atoms with van der Waals surface area (Å²) in [5, 5.41) is 4.20. The first-order valence-corrected chi connectivity index (χ1v) is 11.3. The van der Waals surface area contributed by atoms with E-state index in [1.54, 1.807) is 6.33 Å². The molecule has 2 aliphatic rings. The molecule has 6 rings (SSSR count). The van der Waals surface area contributed by atoms with E-state index in [2.05, 4.69) is 44.5 Å². The Morgan fingerprint density at radius 1 is 1.06 bits per heavy atom. The second-order valence-corrected chi connectivity index (χ2v) is 8.68. The number of para-hydroxylation sites is 1. The fraction of sp³-hybridized carbons (Fsp3) is 0.269. The molecule has 0 fully saturated rings. The summed E-state index contributed by atoms with van der Waals surface area (Å²) < 4.78 is 0. The van der Waals surface area contributed by atoms with Crippen molar-refractivity contribution in [3.63, 3.8) is 0 Å². The highest BCUT2D eigenvalue weighted by atomic mass is 16.1. The smallest absolute Gasteiger partial charge is 0.223 e. The van der Waals surface area contributed by atoms with Crippen molar-refractivity contribution in [2.75, 3.05) is 11.4 Å². The van der Waals surface area contributed by atoms with Crippen LogP contribution in [0.5, 0.6) is 0 Å². The van der Waals surface area contributed by atoms with Crippen LogP contribution in [0.1, 0.15) is 28.8 Å². The highest BCUT2D eigenvalue weighted by Gasteiger charge is 2.31. The van der Waals surface area contributed by atoms with E-state index in [1.807, 2.05) is 30.3 Å². The van der Waals surface area contributed by atoms with Gasteiger partial charge in [-0.2, -0.15) is 0 Å². The second-order valence-electron chi connectivity index (χ2n) is 8.68. The number of nitrogens with one attached hydrogen (secondary N) is 2. The Labute approximate surface area is 186 Å². The Bertz CT molecular complexity index is 1300. The van der Waals surface area contributed by atoms with Crippen LogP contribution in [0.3, 0.4) is 0 Å². The average molecular weight is 424 g/mol. The van der Waals surface area contributed by atoms with Crippen LogP contribution in [-0.4, -0.2) is 27.4 Å². The number of hydrogen-bond acceptors (Lipinski definition) is 4. The van der Waals surface area contributed by atoms with E-state index < -0.39 is 0 Å². The van der Waals surface area contributed by atoms with Crippen LogP contribution >= 0.6 is 0 Å². The third kappa shape index (κ3) is 3.23. The van der Waals surface area contributed by atoms with Crippen molar-refractivity contribution in [3.8, 4) is 0 Å².